The zero-order valence-corrected chi connectivity index (χ0v) is 11.1. The minimum Gasteiger partial charge on any atom is -0.274 e. The lowest BCUT2D eigenvalue weighted by atomic mass is 10.6. The second kappa shape index (κ2) is 4.15. The van der Waals surface area contributed by atoms with Crippen LogP contribution in [0.15, 0.2) is 28.9 Å². The van der Waals surface area contributed by atoms with Crippen molar-refractivity contribution in [1.82, 2.24) is 14.8 Å². The first kappa shape index (κ1) is 10.8. The van der Waals surface area contributed by atoms with Gasteiger partial charge in [0.2, 0.25) is 0 Å². The Morgan fingerprint density at radius 1 is 1.41 bits per heavy atom. The van der Waals surface area contributed by atoms with E-state index in [0.717, 1.165) is 15.9 Å². The fourth-order valence-electron chi connectivity index (χ4n) is 1.60. The zero-order valence-electron chi connectivity index (χ0n) is 9.44. The van der Waals surface area contributed by atoms with Gasteiger partial charge in [0, 0.05) is 30.9 Å². The van der Waals surface area contributed by atoms with E-state index in [4.69, 9.17) is 0 Å². The molecule has 0 saturated carbocycles. The lowest BCUT2D eigenvalue weighted by molar-refractivity contribution is 0.742. The van der Waals surface area contributed by atoms with Crippen LogP contribution in [-0.2, 0) is 7.05 Å². The number of rotatable bonds is 2. The van der Waals surface area contributed by atoms with Crippen molar-refractivity contribution < 1.29 is 0 Å². The third kappa shape index (κ3) is 1.96. The van der Waals surface area contributed by atoms with Crippen molar-refractivity contribution in [2.75, 3.05) is 5.01 Å². The summed E-state index contributed by atoms with van der Waals surface area (Å²) in [6.45, 7) is 2.11. The van der Waals surface area contributed by atoms with Crippen LogP contribution >= 0.6 is 23.1 Å². The average Bonchev–Trinajstić information content (AvgIpc) is 2.97. The summed E-state index contributed by atoms with van der Waals surface area (Å²) in [4.78, 5) is 4.28. The van der Waals surface area contributed by atoms with E-state index in [-0.39, 0.29) is 5.37 Å². The molecule has 3 heterocycles. The average molecular weight is 265 g/mol. The Kier molecular flexibility index (Phi) is 2.64. The minimum absolute atomic E-state index is 0.254. The Labute approximate surface area is 107 Å². The number of anilines is 1. The van der Waals surface area contributed by atoms with Crippen molar-refractivity contribution in [3.8, 4) is 0 Å². The molecule has 2 aromatic heterocycles. The summed E-state index contributed by atoms with van der Waals surface area (Å²) in [7, 11) is 1.91. The first-order chi connectivity index (χ1) is 8.24. The smallest absolute Gasteiger partial charge is 0.171 e. The van der Waals surface area contributed by atoms with Crippen LogP contribution in [0.5, 0.6) is 0 Å². The Bertz CT molecular complexity index is 545. The Balaban J connectivity index is 1.92. The summed E-state index contributed by atoms with van der Waals surface area (Å²) in [5.74, 6) is 0.874. The Morgan fingerprint density at radius 2 is 2.29 bits per heavy atom. The van der Waals surface area contributed by atoms with E-state index in [1.54, 1.807) is 34.0 Å². The highest BCUT2D eigenvalue weighted by molar-refractivity contribution is 8.15. The van der Waals surface area contributed by atoms with E-state index in [2.05, 4.69) is 22.1 Å². The molecule has 5 nitrogen and oxygen atoms in total. The molecule has 1 aliphatic heterocycles. The molecule has 0 aliphatic carbocycles. The topological polar surface area (TPSA) is 46.3 Å². The molecule has 0 aromatic carbocycles. The van der Waals surface area contributed by atoms with Crippen LogP contribution in [-0.4, -0.2) is 25.2 Å². The summed E-state index contributed by atoms with van der Waals surface area (Å²) < 4.78 is 1.78. The monoisotopic (exact) mass is 265 g/mol. The van der Waals surface area contributed by atoms with Gasteiger partial charge < -0.3 is 0 Å². The molecular weight excluding hydrogens is 254 g/mol. The highest BCUT2D eigenvalue weighted by Crippen LogP contribution is 2.32. The molecule has 1 atom stereocenters. The quantitative estimate of drug-likeness (QED) is 0.834. The molecule has 17 heavy (non-hydrogen) atoms. The molecule has 1 aliphatic rings. The van der Waals surface area contributed by atoms with Crippen LogP contribution in [0, 0.1) is 0 Å². The van der Waals surface area contributed by atoms with Crippen molar-refractivity contribution in [3.05, 3.63) is 28.8 Å². The maximum Gasteiger partial charge on any atom is 0.171 e. The largest absolute Gasteiger partial charge is 0.274 e. The van der Waals surface area contributed by atoms with E-state index < -0.39 is 0 Å². The lowest BCUT2D eigenvalue weighted by Crippen LogP contribution is -2.20. The number of hydrazone groups is 1. The molecule has 1 unspecified atom stereocenters. The summed E-state index contributed by atoms with van der Waals surface area (Å²) >= 11 is 3.32. The van der Waals surface area contributed by atoms with Gasteiger partial charge in [-0.2, -0.15) is 10.2 Å². The maximum atomic E-state index is 4.58. The lowest BCUT2D eigenvalue weighted by Gasteiger charge is -2.15. The normalized spacial score (nSPS) is 19.8. The Hall–Kier alpha value is -1.34. The SMILES string of the molecule is CC1SC(c2nccs2)=NN1c1ccn(C)n1. The first-order valence-corrected chi connectivity index (χ1v) is 6.94. The highest BCUT2D eigenvalue weighted by Gasteiger charge is 2.28. The molecule has 2 aromatic rings. The van der Waals surface area contributed by atoms with Crippen LogP contribution in [0.1, 0.15) is 11.9 Å². The van der Waals surface area contributed by atoms with E-state index in [9.17, 15) is 0 Å². The van der Waals surface area contributed by atoms with Crippen LogP contribution in [0.3, 0.4) is 0 Å². The van der Waals surface area contributed by atoms with Gasteiger partial charge in [-0.1, -0.05) is 11.8 Å². The molecule has 0 fully saturated rings. The standard InChI is InChI=1S/C10H11N5S2/c1-7-15(8-3-5-14(2)12-8)13-10(17-7)9-11-4-6-16-9/h3-7H,1-2H3. The van der Waals surface area contributed by atoms with Crippen LogP contribution in [0.4, 0.5) is 5.82 Å². The third-order valence-electron chi connectivity index (χ3n) is 2.37. The van der Waals surface area contributed by atoms with E-state index in [0.29, 0.717) is 0 Å². The predicted octanol–water partition coefficient (Wildman–Crippen LogP) is 2.14. The van der Waals surface area contributed by atoms with Crippen LogP contribution in [0.2, 0.25) is 0 Å². The number of aromatic nitrogens is 3. The highest BCUT2D eigenvalue weighted by atomic mass is 32.2. The van der Waals surface area contributed by atoms with E-state index in [1.165, 1.54) is 0 Å². The summed E-state index contributed by atoms with van der Waals surface area (Å²) in [6, 6.07) is 1.96. The molecule has 7 heteroatoms. The number of thioether (sulfide) groups is 1. The first-order valence-electron chi connectivity index (χ1n) is 5.18. The summed E-state index contributed by atoms with van der Waals surface area (Å²) in [5.41, 5.74) is 0. The number of thiazole rings is 1. The van der Waals surface area contributed by atoms with Gasteiger partial charge in [0.05, 0.1) is 0 Å². The zero-order chi connectivity index (χ0) is 11.8. The molecule has 88 valence electrons. The van der Waals surface area contributed by atoms with Crippen LogP contribution < -0.4 is 5.01 Å². The molecule has 0 saturated heterocycles. The second-order valence-corrected chi connectivity index (χ2v) is 5.85. The number of nitrogens with zero attached hydrogens (tertiary/aromatic N) is 5. The fourth-order valence-corrected chi connectivity index (χ4v) is 3.27. The van der Waals surface area contributed by atoms with Crippen molar-refractivity contribution in [3.63, 3.8) is 0 Å². The van der Waals surface area contributed by atoms with Gasteiger partial charge in [0.15, 0.2) is 10.9 Å². The summed E-state index contributed by atoms with van der Waals surface area (Å²) in [5, 5.41) is 15.0. The van der Waals surface area contributed by atoms with Crippen molar-refractivity contribution >= 4 is 34.0 Å². The van der Waals surface area contributed by atoms with Crippen molar-refractivity contribution in [1.29, 1.82) is 0 Å². The van der Waals surface area contributed by atoms with Gasteiger partial charge in [0.25, 0.3) is 0 Å². The maximum absolute atomic E-state index is 4.58. The molecule has 0 N–H and O–H groups in total. The molecule has 3 rings (SSSR count). The van der Waals surface area contributed by atoms with Gasteiger partial charge >= 0.3 is 0 Å². The van der Waals surface area contributed by atoms with Gasteiger partial charge in [-0.05, 0) is 6.92 Å². The minimum atomic E-state index is 0.254. The molecule has 0 radical (unpaired) electrons. The third-order valence-corrected chi connectivity index (χ3v) is 4.32. The number of hydrogen-bond donors (Lipinski definition) is 0. The molecule has 0 spiro atoms. The van der Waals surface area contributed by atoms with Gasteiger partial charge in [-0.3, -0.25) is 4.68 Å². The predicted molar refractivity (Wildman–Crippen MR) is 71.4 cm³/mol. The summed E-state index contributed by atoms with van der Waals surface area (Å²) in [6.07, 6.45) is 3.72. The molecule has 0 amide bonds. The molecular formula is C10H11N5S2. The van der Waals surface area contributed by atoms with Gasteiger partial charge in [-0.15, -0.1) is 11.3 Å². The molecule has 0 bridgehead atoms. The van der Waals surface area contributed by atoms with E-state index >= 15 is 0 Å². The van der Waals surface area contributed by atoms with Crippen molar-refractivity contribution in [2.24, 2.45) is 12.1 Å². The van der Waals surface area contributed by atoms with Crippen LogP contribution in [0.25, 0.3) is 0 Å². The second-order valence-electron chi connectivity index (χ2n) is 3.65. The Morgan fingerprint density at radius 3 is 2.94 bits per heavy atom. The number of hydrogen-bond acceptors (Lipinski definition) is 6. The van der Waals surface area contributed by atoms with Crippen molar-refractivity contribution in [2.45, 2.75) is 12.3 Å². The van der Waals surface area contributed by atoms with E-state index in [1.807, 2.05) is 29.7 Å². The fraction of sp³-hybridized carbons (Fsp3) is 0.300. The number of aryl methyl sites for hydroxylation is 1. The van der Waals surface area contributed by atoms with Gasteiger partial charge in [0.1, 0.15) is 10.4 Å². The van der Waals surface area contributed by atoms with Gasteiger partial charge in [-0.25, -0.2) is 9.99 Å².